The lowest BCUT2D eigenvalue weighted by Gasteiger charge is -2.06. The van der Waals surface area contributed by atoms with Gasteiger partial charge in [-0.2, -0.15) is 5.10 Å². The minimum atomic E-state index is -0.999. The Bertz CT molecular complexity index is 553. The number of nitrogens with zero attached hydrogens (tertiary/aromatic N) is 2. The van der Waals surface area contributed by atoms with Crippen LogP contribution in [-0.4, -0.2) is 42.9 Å². The zero-order chi connectivity index (χ0) is 15.8. The summed E-state index contributed by atoms with van der Waals surface area (Å²) in [5, 5.41) is 19.9. The number of nitrogens with one attached hydrogen (secondary N) is 1. The molecule has 0 bridgehead atoms. The van der Waals surface area contributed by atoms with Crippen molar-refractivity contribution in [1.82, 2.24) is 0 Å². The molecule has 0 saturated heterocycles. The van der Waals surface area contributed by atoms with Crippen LogP contribution < -0.4 is 11.1 Å². The van der Waals surface area contributed by atoms with Crippen molar-refractivity contribution >= 4 is 23.8 Å². The molecule has 7 nitrogen and oxygen atoms in total. The highest BCUT2D eigenvalue weighted by Gasteiger charge is 2.06. The van der Waals surface area contributed by atoms with E-state index in [1.165, 1.54) is 19.4 Å². The maximum Gasteiger partial charge on any atom is 0.335 e. The van der Waals surface area contributed by atoms with Crippen LogP contribution in [0.5, 0.6) is 0 Å². The molecule has 0 aliphatic heterocycles. The Morgan fingerprint density at radius 2 is 2.24 bits per heavy atom. The summed E-state index contributed by atoms with van der Waals surface area (Å²) in [7, 11) is 1.46. The molecule has 1 aromatic rings. The molecule has 1 atom stereocenters. The van der Waals surface area contributed by atoms with Crippen LogP contribution in [0.15, 0.2) is 28.4 Å². The summed E-state index contributed by atoms with van der Waals surface area (Å²) in [5.74, 6) is -0.700. The molecule has 1 rings (SSSR count). The van der Waals surface area contributed by atoms with Crippen LogP contribution in [0.1, 0.15) is 29.8 Å². The fraction of sp³-hybridized carbons (Fsp3) is 0.357. The van der Waals surface area contributed by atoms with Crippen molar-refractivity contribution in [1.29, 1.82) is 0 Å². The van der Waals surface area contributed by atoms with Gasteiger partial charge in [0, 0.05) is 12.2 Å². The first-order chi connectivity index (χ1) is 9.97. The first-order valence-electron chi connectivity index (χ1n) is 6.50. The van der Waals surface area contributed by atoms with Crippen molar-refractivity contribution in [3.8, 4) is 0 Å². The summed E-state index contributed by atoms with van der Waals surface area (Å²) in [6.07, 6.45) is 1.45. The minimum Gasteiger partial charge on any atom is -0.482 e. The zero-order valence-corrected chi connectivity index (χ0v) is 12.3. The predicted molar refractivity (Wildman–Crippen MR) is 83.3 cm³/mol. The molecule has 21 heavy (non-hydrogen) atoms. The van der Waals surface area contributed by atoms with Gasteiger partial charge in [-0.25, -0.2) is 4.79 Å². The topological polar surface area (TPSA) is 109 Å². The van der Waals surface area contributed by atoms with Gasteiger partial charge in [0.05, 0.1) is 24.9 Å². The van der Waals surface area contributed by atoms with E-state index in [4.69, 9.17) is 15.6 Å². The largest absolute Gasteiger partial charge is 0.482 e. The number of ether oxygens (including phenoxy) is 1. The van der Waals surface area contributed by atoms with Crippen molar-refractivity contribution in [3.05, 3.63) is 29.3 Å². The molecule has 1 aromatic carbocycles. The Balaban J connectivity index is 3.04. The molecule has 0 aliphatic rings. The van der Waals surface area contributed by atoms with Crippen LogP contribution in [-0.2, 0) is 4.74 Å². The number of carboxylic acids is 1. The van der Waals surface area contributed by atoms with E-state index in [1.54, 1.807) is 19.1 Å². The maximum absolute atomic E-state index is 11.1. The van der Waals surface area contributed by atoms with E-state index >= 15 is 0 Å². The van der Waals surface area contributed by atoms with Crippen LogP contribution in [0.25, 0.3) is 0 Å². The monoisotopic (exact) mass is 292 g/mol. The lowest BCUT2D eigenvalue weighted by atomic mass is 10.1. The summed E-state index contributed by atoms with van der Waals surface area (Å²) >= 11 is 0. The molecule has 4 N–H and O–H groups in total. The summed E-state index contributed by atoms with van der Waals surface area (Å²) < 4.78 is 4.98. The number of hydrogen-bond acceptors (Lipinski definition) is 6. The number of aromatic carboxylic acids is 1. The first-order valence-corrected chi connectivity index (χ1v) is 6.50. The quantitative estimate of drug-likeness (QED) is 0.418. The summed E-state index contributed by atoms with van der Waals surface area (Å²) in [6.45, 7) is 4.35. The fourth-order valence-electron chi connectivity index (χ4n) is 1.63. The van der Waals surface area contributed by atoms with Gasteiger partial charge in [-0.1, -0.05) is 0 Å². The average Bonchev–Trinajstić information content (AvgIpc) is 2.43. The number of benzene rings is 1. The molecule has 0 saturated carbocycles. The van der Waals surface area contributed by atoms with E-state index in [9.17, 15) is 4.79 Å². The molecule has 1 unspecified atom stereocenters. The smallest absolute Gasteiger partial charge is 0.335 e. The highest BCUT2D eigenvalue weighted by molar-refractivity contribution is 5.93. The van der Waals surface area contributed by atoms with Gasteiger partial charge in [0.15, 0.2) is 0 Å². The second-order valence-electron chi connectivity index (χ2n) is 4.35. The maximum atomic E-state index is 11.1. The number of hydrogen-bond donors (Lipinski definition) is 3. The lowest BCUT2D eigenvalue weighted by Crippen LogP contribution is -2.27. The van der Waals surface area contributed by atoms with E-state index in [-0.39, 0.29) is 11.6 Å². The number of methoxy groups -OCH3 is 1. The van der Waals surface area contributed by atoms with Gasteiger partial charge >= 0.3 is 5.97 Å². The van der Waals surface area contributed by atoms with Crippen LogP contribution in [0.4, 0.5) is 5.69 Å². The van der Waals surface area contributed by atoms with E-state index in [0.717, 1.165) is 0 Å². The summed E-state index contributed by atoms with van der Waals surface area (Å²) in [4.78, 5) is 11.1. The Morgan fingerprint density at radius 3 is 2.76 bits per heavy atom. The fourth-order valence-corrected chi connectivity index (χ4v) is 1.63. The van der Waals surface area contributed by atoms with Crippen molar-refractivity contribution in [2.45, 2.75) is 19.9 Å². The third kappa shape index (κ3) is 5.23. The molecular formula is C14H20N4O3. The lowest BCUT2D eigenvalue weighted by molar-refractivity contribution is 0.0697. The Morgan fingerprint density at radius 1 is 1.52 bits per heavy atom. The van der Waals surface area contributed by atoms with Gasteiger partial charge in [0.1, 0.15) is 0 Å². The van der Waals surface area contributed by atoms with Crippen LogP contribution in [0.3, 0.4) is 0 Å². The average molecular weight is 292 g/mol. The van der Waals surface area contributed by atoms with Crippen LogP contribution in [0, 0.1) is 0 Å². The standard InChI is InChI=1S/C14H20N4O3/c1-4-16-12-6-10(5-11(7-12)14(19)20)8-17-18-13(21-3)9(2)15/h5-9,16H,4,15H2,1-3H3,(H,19,20)/b17-8+,18-13-. The molecule has 0 aliphatic carbocycles. The van der Waals surface area contributed by atoms with Crippen molar-refractivity contribution in [2.75, 3.05) is 19.0 Å². The summed E-state index contributed by atoms with van der Waals surface area (Å²) in [5.41, 5.74) is 7.15. The second kappa shape index (κ2) is 8.01. The number of nitrogens with two attached hydrogens (primary N) is 1. The SMILES string of the molecule is CCNc1cc(/C=N/N=C(\OC)C(C)N)cc(C(=O)O)c1. The van der Waals surface area contributed by atoms with Gasteiger partial charge in [-0.05, 0) is 37.6 Å². The van der Waals surface area contributed by atoms with Crippen LogP contribution >= 0.6 is 0 Å². The number of rotatable bonds is 6. The molecule has 0 spiro atoms. The molecule has 0 radical (unpaired) electrons. The highest BCUT2D eigenvalue weighted by atomic mass is 16.5. The second-order valence-corrected chi connectivity index (χ2v) is 4.35. The zero-order valence-electron chi connectivity index (χ0n) is 12.3. The number of carboxylic acid groups (broad SMARTS) is 1. The molecular weight excluding hydrogens is 272 g/mol. The van der Waals surface area contributed by atoms with Crippen molar-refractivity contribution in [3.63, 3.8) is 0 Å². The molecule has 114 valence electrons. The highest BCUT2D eigenvalue weighted by Crippen LogP contribution is 2.14. The van der Waals surface area contributed by atoms with E-state index in [1.807, 2.05) is 6.92 Å². The summed E-state index contributed by atoms with van der Waals surface area (Å²) in [6, 6.07) is 4.50. The molecule has 0 amide bonds. The van der Waals surface area contributed by atoms with Gasteiger partial charge in [0.2, 0.25) is 5.90 Å². The first kappa shape index (κ1) is 16.6. The van der Waals surface area contributed by atoms with Gasteiger partial charge in [0.25, 0.3) is 0 Å². The normalized spacial score (nSPS) is 13.2. The van der Waals surface area contributed by atoms with E-state index in [2.05, 4.69) is 15.5 Å². The predicted octanol–water partition coefficient (Wildman–Crippen LogP) is 1.54. The third-order valence-corrected chi connectivity index (χ3v) is 2.54. The number of carbonyl (C=O) groups is 1. The third-order valence-electron chi connectivity index (χ3n) is 2.54. The Labute approximate surface area is 123 Å². The molecule has 0 aromatic heterocycles. The van der Waals surface area contributed by atoms with Gasteiger partial charge in [-0.15, -0.1) is 5.10 Å². The van der Waals surface area contributed by atoms with Crippen molar-refractivity contribution in [2.24, 2.45) is 15.9 Å². The van der Waals surface area contributed by atoms with Crippen molar-refractivity contribution < 1.29 is 14.6 Å². The van der Waals surface area contributed by atoms with Gasteiger partial charge in [-0.3, -0.25) is 0 Å². The van der Waals surface area contributed by atoms with E-state index in [0.29, 0.717) is 23.7 Å². The Kier molecular flexibility index (Phi) is 6.35. The number of anilines is 1. The van der Waals surface area contributed by atoms with Crippen LogP contribution in [0.2, 0.25) is 0 Å². The molecule has 0 fully saturated rings. The molecule has 0 heterocycles. The minimum absolute atomic E-state index is 0.179. The molecule has 7 heteroatoms. The van der Waals surface area contributed by atoms with Gasteiger partial charge < -0.3 is 20.9 Å². The Hall–Kier alpha value is -2.41. The van der Waals surface area contributed by atoms with E-state index < -0.39 is 5.97 Å².